The van der Waals surface area contributed by atoms with Crippen LogP contribution in [0.2, 0.25) is 10.0 Å². The van der Waals surface area contributed by atoms with Gasteiger partial charge in [-0.3, -0.25) is 14.9 Å². The number of benzene rings is 3. The van der Waals surface area contributed by atoms with Crippen LogP contribution >= 0.6 is 23.2 Å². The Kier molecular flexibility index (Phi) is 7.62. The van der Waals surface area contributed by atoms with Crippen molar-refractivity contribution in [1.29, 1.82) is 0 Å². The first-order valence-corrected chi connectivity index (χ1v) is 11.8. The van der Waals surface area contributed by atoms with Crippen LogP contribution in [-0.4, -0.2) is 24.5 Å². The molecule has 184 valence electrons. The fourth-order valence-corrected chi connectivity index (χ4v) is 4.07. The van der Waals surface area contributed by atoms with E-state index in [1.807, 2.05) is 19.1 Å². The Morgan fingerprint density at radius 2 is 1.69 bits per heavy atom. The number of carbonyl (C=O) groups excluding carboxylic acids is 3. The molecule has 0 radical (unpaired) electrons. The van der Waals surface area contributed by atoms with E-state index in [0.29, 0.717) is 39.9 Å². The molecule has 1 aliphatic heterocycles. The smallest absolute Gasteiger partial charge is 0.335 e. The van der Waals surface area contributed by atoms with Crippen molar-refractivity contribution in [2.45, 2.75) is 20.5 Å². The summed E-state index contributed by atoms with van der Waals surface area (Å²) in [6.07, 6.45) is 1.37. The standard InChI is InChI=1S/C27H22Cl2N2O5/c1-3-35-23-14-18(13-21(29)24(23)36-15-17-8-10-19(28)11-9-17)12-20-25(32)30-27(34)31(26(20)33)22-7-5-4-6-16(22)2/h4-14H,3,15H2,1-2H3,(H,30,32,34)/b20-12+. The third kappa shape index (κ3) is 5.37. The molecule has 0 unspecified atom stereocenters. The zero-order chi connectivity index (χ0) is 25.8. The zero-order valence-corrected chi connectivity index (χ0v) is 21.0. The summed E-state index contributed by atoms with van der Waals surface area (Å²) in [5.74, 6) is -0.866. The summed E-state index contributed by atoms with van der Waals surface area (Å²) in [5, 5.41) is 3.08. The lowest BCUT2D eigenvalue weighted by molar-refractivity contribution is -0.122. The van der Waals surface area contributed by atoms with Crippen LogP contribution in [0.4, 0.5) is 10.5 Å². The van der Waals surface area contributed by atoms with Crippen molar-refractivity contribution in [3.8, 4) is 11.5 Å². The highest BCUT2D eigenvalue weighted by Gasteiger charge is 2.37. The predicted octanol–water partition coefficient (Wildman–Crippen LogP) is 5.95. The van der Waals surface area contributed by atoms with Gasteiger partial charge in [-0.05, 0) is 66.9 Å². The minimum absolute atomic E-state index is 0.216. The van der Waals surface area contributed by atoms with Crippen molar-refractivity contribution in [1.82, 2.24) is 5.32 Å². The van der Waals surface area contributed by atoms with E-state index in [0.717, 1.165) is 10.5 Å². The lowest BCUT2D eigenvalue weighted by atomic mass is 10.1. The maximum Gasteiger partial charge on any atom is 0.335 e. The third-order valence-electron chi connectivity index (χ3n) is 5.40. The van der Waals surface area contributed by atoms with E-state index < -0.39 is 17.8 Å². The topological polar surface area (TPSA) is 84.9 Å². The highest BCUT2D eigenvalue weighted by Crippen LogP contribution is 2.38. The summed E-state index contributed by atoms with van der Waals surface area (Å²) in [5.41, 5.74) is 2.19. The van der Waals surface area contributed by atoms with Gasteiger partial charge in [-0.1, -0.05) is 53.5 Å². The number of barbiturate groups is 1. The molecule has 1 fully saturated rings. The van der Waals surface area contributed by atoms with Gasteiger partial charge in [0, 0.05) is 5.02 Å². The van der Waals surface area contributed by atoms with Gasteiger partial charge in [-0.15, -0.1) is 0 Å². The van der Waals surface area contributed by atoms with Gasteiger partial charge in [0.1, 0.15) is 12.2 Å². The summed E-state index contributed by atoms with van der Waals surface area (Å²) < 4.78 is 11.6. The fraction of sp³-hybridized carbons (Fsp3) is 0.148. The number of aryl methyl sites for hydroxylation is 1. The van der Waals surface area contributed by atoms with Crippen LogP contribution in [0.5, 0.6) is 11.5 Å². The molecule has 36 heavy (non-hydrogen) atoms. The number of carbonyl (C=O) groups is 3. The normalized spacial score (nSPS) is 14.7. The third-order valence-corrected chi connectivity index (χ3v) is 5.93. The van der Waals surface area contributed by atoms with Crippen molar-refractivity contribution >= 4 is 52.8 Å². The number of urea groups is 1. The molecule has 1 heterocycles. The number of nitrogens with one attached hydrogen (secondary N) is 1. The predicted molar refractivity (Wildman–Crippen MR) is 139 cm³/mol. The van der Waals surface area contributed by atoms with Gasteiger partial charge in [-0.25, -0.2) is 9.69 Å². The number of para-hydroxylation sites is 1. The number of ether oxygens (including phenoxy) is 2. The average Bonchev–Trinajstić information content (AvgIpc) is 2.83. The molecule has 3 aromatic carbocycles. The van der Waals surface area contributed by atoms with Crippen molar-refractivity contribution in [2.24, 2.45) is 0 Å². The highest BCUT2D eigenvalue weighted by molar-refractivity contribution is 6.39. The van der Waals surface area contributed by atoms with Gasteiger partial charge in [0.25, 0.3) is 11.8 Å². The summed E-state index contributed by atoms with van der Waals surface area (Å²) in [6, 6.07) is 16.5. The molecule has 0 saturated carbocycles. The first-order valence-electron chi connectivity index (χ1n) is 11.1. The van der Waals surface area contributed by atoms with E-state index in [-0.39, 0.29) is 17.2 Å². The average molecular weight is 525 g/mol. The molecule has 1 aliphatic rings. The van der Waals surface area contributed by atoms with Crippen LogP contribution in [0.25, 0.3) is 6.08 Å². The molecule has 0 atom stereocenters. The Bertz CT molecular complexity index is 1370. The van der Waals surface area contributed by atoms with E-state index in [1.54, 1.807) is 55.5 Å². The molecule has 7 nitrogen and oxygen atoms in total. The number of anilines is 1. The Morgan fingerprint density at radius 3 is 2.39 bits per heavy atom. The molecule has 0 spiro atoms. The quantitative estimate of drug-likeness (QED) is 0.305. The Morgan fingerprint density at radius 1 is 0.972 bits per heavy atom. The molecule has 0 aromatic heterocycles. The lowest BCUT2D eigenvalue weighted by Crippen LogP contribution is -2.54. The Labute approximate surface area is 218 Å². The van der Waals surface area contributed by atoms with Crippen LogP contribution in [-0.2, 0) is 16.2 Å². The molecule has 3 aromatic rings. The number of hydrogen-bond acceptors (Lipinski definition) is 5. The second-order valence-corrected chi connectivity index (χ2v) is 8.77. The number of amides is 4. The van der Waals surface area contributed by atoms with Gasteiger partial charge in [0.15, 0.2) is 11.5 Å². The molecule has 4 amide bonds. The van der Waals surface area contributed by atoms with Crippen LogP contribution < -0.4 is 19.7 Å². The van der Waals surface area contributed by atoms with Gasteiger partial charge >= 0.3 is 6.03 Å². The molecule has 4 rings (SSSR count). The van der Waals surface area contributed by atoms with Gasteiger partial charge in [-0.2, -0.15) is 0 Å². The maximum absolute atomic E-state index is 13.2. The zero-order valence-electron chi connectivity index (χ0n) is 19.5. The number of nitrogens with zero attached hydrogens (tertiary/aromatic N) is 1. The Balaban J connectivity index is 1.66. The molecular formula is C27H22Cl2N2O5. The second-order valence-electron chi connectivity index (χ2n) is 7.92. The van der Waals surface area contributed by atoms with Gasteiger partial charge < -0.3 is 9.47 Å². The summed E-state index contributed by atoms with van der Waals surface area (Å²) in [4.78, 5) is 39.2. The maximum atomic E-state index is 13.2. The van der Waals surface area contributed by atoms with Gasteiger partial charge in [0.05, 0.1) is 17.3 Å². The minimum Gasteiger partial charge on any atom is -0.490 e. The largest absolute Gasteiger partial charge is 0.490 e. The second kappa shape index (κ2) is 10.8. The highest BCUT2D eigenvalue weighted by atomic mass is 35.5. The number of imide groups is 2. The number of rotatable bonds is 7. The first kappa shape index (κ1) is 25.3. The van der Waals surface area contributed by atoms with Crippen LogP contribution in [0.3, 0.4) is 0 Å². The Hall–Kier alpha value is -3.81. The van der Waals surface area contributed by atoms with E-state index in [4.69, 9.17) is 32.7 Å². The molecule has 1 N–H and O–H groups in total. The summed E-state index contributed by atoms with van der Waals surface area (Å²) >= 11 is 12.5. The van der Waals surface area contributed by atoms with E-state index >= 15 is 0 Å². The summed E-state index contributed by atoms with van der Waals surface area (Å²) in [6.45, 7) is 4.15. The van der Waals surface area contributed by atoms with Crippen LogP contribution in [0, 0.1) is 6.92 Å². The fourth-order valence-electron chi connectivity index (χ4n) is 3.67. The van der Waals surface area contributed by atoms with Crippen molar-refractivity contribution in [3.63, 3.8) is 0 Å². The molecule has 0 bridgehead atoms. The van der Waals surface area contributed by atoms with Crippen molar-refractivity contribution in [3.05, 3.63) is 93.0 Å². The molecular weight excluding hydrogens is 503 g/mol. The van der Waals surface area contributed by atoms with E-state index in [9.17, 15) is 14.4 Å². The van der Waals surface area contributed by atoms with E-state index in [2.05, 4.69) is 5.32 Å². The number of hydrogen-bond donors (Lipinski definition) is 1. The molecule has 0 aliphatic carbocycles. The first-order chi connectivity index (χ1) is 17.3. The van der Waals surface area contributed by atoms with Gasteiger partial charge in [0.2, 0.25) is 0 Å². The van der Waals surface area contributed by atoms with E-state index in [1.165, 1.54) is 6.08 Å². The number of halogens is 2. The van der Waals surface area contributed by atoms with Crippen molar-refractivity contribution < 1.29 is 23.9 Å². The van der Waals surface area contributed by atoms with Crippen LogP contribution in [0.15, 0.2) is 66.2 Å². The van der Waals surface area contributed by atoms with Crippen molar-refractivity contribution in [2.75, 3.05) is 11.5 Å². The van der Waals surface area contributed by atoms with Crippen LogP contribution in [0.1, 0.15) is 23.6 Å². The SMILES string of the molecule is CCOc1cc(/C=C2\C(=O)NC(=O)N(c3ccccc3C)C2=O)cc(Cl)c1OCc1ccc(Cl)cc1. The molecule has 1 saturated heterocycles. The lowest BCUT2D eigenvalue weighted by Gasteiger charge is -2.27. The monoisotopic (exact) mass is 524 g/mol. The minimum atomic E-state index is -0.810. The molecule has 9 heteroatoms. The summed E-state index contributed by atoms with van der Waals surface area (Å²) in [7, 11) is 0.